The van der Waals surface area contributed by atoms with Gasteiger partial charge in [-0.3, -0.25) is 4.98 Å². The summed E-state index contributed by atoms with van der Waals surface area (Å²) in [5.74, 6) is 0.380. The fourth-order valence-corrected chi connectivity index (χ4v) is 0.981. The quantitative estimate of drug-likeness (QED) is 0.602. The monoisotopic (exact) mass is 178 g/mol. The average Bonchev–Trinajstić information content (AvgIpc) is 2.47. The first kappa shape index (κ1) is 7.53. The number of rotatable bonds is 1. The van der Waals surface area contributed by atoms with Gasteiger partial charge in [-0.25, -0.2) is 19.7 Å². The molecule has 0 spiro atoms. The Hall–Kier alpha value is -2.11. The third-order valence-electron chi connectivity index (χ3n) is 1.52. The van der Waals surface area contributed by atoms with Crippen LogP contribution in [0.4, 0.5) is 0 Å². The topological polar surface area (TPSA) is 83.5 Å². The van der Waals surface area contributed by atoms with Crippen LogP contribution in [0.25, 0.3) is 5.82 Å². The van der Waals surface area contributed by atoms with Gasteiger partial charge in [0, 0.05) is 6.20 Å². The van der Waals surface area contributed by atoms with Gasteiger partial charge < -0.3 is 0 Å². The third kappa shape index (κ3) is 1.28. The molecule has 0 saturated carbocycles. The van der Waals surface area contributed by atoms with Gasteiger partial charge in [-0.2, -0.15) is 4.68 Å². The molecule has 0 aliphatic rings. The van der Waals surface area contributed by atoms with Crippen molar-refractivity contribution in [2.24, 2.45) is 0 Å². The lowest BCUT2D eigenvalue weighted by atomic mass is 10.5. The maximum Gasteiger partial charge on any atom is 0.350 e. The lowest BCUT2D eigenvalue weighted by molar-refractivity contribution is 0.805. The molecule has 0 amide bonds. The Morgan fingerprint density at radius 2 is 2.15 bits per heavy atom. The number of aromatic amines is 2. The van der Waals surface area contributed by atoms with E-state index in [4.69, 9.17) is 0 Å². The van der Waals surface area contributed by atoms with Crippen molar-refractivity contribution >= 4 is 0 Å². The van der Waals surface area contributed by atoms with Gasteiger partial charge in [-0.15, -0.1) is 0 Å². The minimum Gasteiger partial charge on any atom is -0.256 e. The second kappa shape index (κ2) is 2.74. The number of pyridine rings is 1. The van der Waals surface area contributed by atoms with Gasteiger partial charge in [0.1, 0.15) is 0 Å². The molecular formula is C7H6N4O2. The number of hydrogen-bond acceptors (Lipinski definition) is 3. The zero-order valence-corrected chi connectivity index (χ0v) is 6.52. The summed E-state index contributed by atoms with van der Waals surface area (Å²) in [7, 11) is 0. The predicted octanol–water partition coefficient (Wildman–Crippen LogP) is -0.751. The van der Waals surface area contributed by atoms with Crippen molar-refractivity contribution < 1.29 is 0 Å². The van der Waals surface area contributed by atoms with Crippen LogP contribution >= 0.6 is 0 Å². The highest BCUT2D eigenvalue weighted by Gasteiger charge is 2.01. The second-order valence-corrected chi connectivity index (χ2v) is 2.39. The number of nitrogens with one attached hydrogen (secondary N) is 2. The molecule has 0 bridgehead atoms. The van der Waals surface area contributed by atoms with Crippen molar-refractivity contribution in [2.45, 2.75) is 0 Å². The van der Waals surface area contributed by atoms with E-state index in [1.807, 2.05) is 0 Å². The lowest BCUT2D eigenvalue weighted by Crippen LogP contribution is -2.16. The van der Waals surface area contributed by atoms with Gasteiger partial charge in [0.05, 0.1) is 0 Å². The SMILES string of the molecule is O=c1[nH]c(=O)n(-c2ccccn2)[nH]1. The third-order valence-corrected chi connectivity index (χ3v) is 1.52. The summed E-state index contributed by atoms with van der Waals surface area (Å²) in [5.41, 5.74) is -1.07. The summed E-state index contributed by atoms with van der Waals surface area (Å²) in [6.07, 6.45) is 1.53. The van der Waals surface area contributed by atoms with Crippen LogP contribution in [-0.4, -0.2) is 19.7 Å². The van der Waals surface area contributed by atoms with E-state index in [0.717, 1.165) is 4.68 Å². The Bertz CT molecular complexity index is 507. The molecule has 0 radical (unpaired) electrons. The molecule has 0 atom stereocenters. The zero-order valence-electron chi connectivity index (χ0n) is 6.52. The first-order chi connectivity index (χ1) is 6.27. The molecule has 2 aromatic rings. The maximum atomic E-state index is 11.1. The van der Waals surface area contributed by atoms with E-state index < -0.39 is 11.4 Å². The van der Waals surface area contributed by atoms with Crippen molar-refractivity contribution in [1.82, 2.24) is 19.7 Å². The highest BCUT2D eigenvalue weighted by molar-refractivity contribution is 5.18. The number of hydrogen-bond donors (Lipinski definition) is 2. The summed E-state index contributed by atoms with van der Waals surface area (Å²) >= 11 is 0. The van der Waals surface area contributed by atoms with Crippen LogP contribution in [0.3, 0.4) is 0 Å². The molecule has 0 fully saturated rings. The van der Waals surface area contributed by atoms with Gasteiger partial charge in [0.25, 0.3) is 0 Å². The average molecular weight is 178 g/mol. The highest BCUT2D eigenvalue weighted by atomic mass is 16.2. The zero-order chi connectivity index (χ0) is 9.26. The molecule has 2 rings (SSSR count). The van der Waals surface area contributed by atoms with Crippen molar-refractivity contribution in [2.75, 3.05) is 0 Å². The summed E-state index contributed by atoms with van der Waals surface area (Å²) in [6.45, 7) is 0. The van der Waals surface area contributed by atoms with Crippen LogP contribution in [0.5, 0.6) is 0 Å². The highest BCUT2D eigenvalue weighted by Crippen LogP contribution is 1.93. The summed E-state index contributed by atoms with van der Waals surface area (Å²) < 4.78 is 1.04. The van der Waals surface area contributed by atoms with E-state index in [2.05, 4.69) is 15.1 Å². The first-order valence-electron chi connectivity index (χ1n) is 3.60. The van der Waals surface area contributed by atoms with E-state index in [0.29, 0.717) is 5.82 Å². The van der Waals surface area contributed by atoms with Crippen molar-refractivity contribution in [3.05, 3.63) is 45.4 Å². The summed E-state index contributed by atoms with van der Waals surface area (Å²) in [4.78, 5) is 27.8. The van der Waals surface area contributed by atoms with Crippen LogP contribution in [0, 0.1) is 0 Å². The number of H-pyrrole nitrogens is 2. The summed E-state index contributed by atoms with van der Waals surface area (Å²) in [5, 5.41) is 2.29. The molecule has 0 aliphatic carbocycles. The van der Waals surface area contributed by atoms with Crippen molar-refractivity contribution in [3.63, 3.8) is 0 Å². The van der Waals surface area contributed by atoms with Gasteiger partial charge in [0.15, 0.2) is 5.82 Å². The maximum absolute atomic E-state index is 11.1. The van der Waals surface area contributed by atoms with Crippen LogP contribution in [0.15, 0.2) is 34.0 Å². The van der Waals surface area contributed by atoms with Gasteiger partial charge in [0.2, 0.25) is 0 Å². The Morgan fingerprint density at radius 3 is 2.69 bits per heavy atom. The molecule has 0 unspecified atom stereocenters. The molecule has 6 heteroatoms. The van der Waals surface area contributed by atoms with Crippen LogP contribution in [0.1, 0.15) is 0 Å². The van der Waals surface area contributed by atoms with Gasteiger partial charge in [-0.05, 0) is 12.1 Å². The standard InChI is InChI=1S/C7H6N4O2/c12-6-9-7(13)11(10-6)5-3-1-2-4-8-5/h1-4H,(H2,9,10,12,13). The van der Waals surface area contributed by atoms with Crippen molar-refractivity contribution in [1.29, 1.82) is 0 Å². The smallest absolute Gasteiger partial charge is 0.256 e. The first-order valence-corrected chi connectivity index (χ1v) is 3.60. The molecular weight excluding hydrogens is 172 g/mol. The van der Waals surface area contributed by atoms with Crippen LogP contribution in [-0.2, 0) is 0 Å². The Morgan fingerprint density at radius 1 is 1.31 bits per heavy atom. The number of nitrogens with zero attached hydrogens (tertiary/aromatic N) is 2. The molecule has 13 heavy (non-hydrogen) atoms. The van der Waals surface area contributed by atoms with E-state index in [-0.39, 0.29) is 0 Å². The largest absolute Gasteiger partial charge is 0.350 e. The Kier molecular flexibility index (Phi) is 1.59. The fraction of sp³-hybridized carbons (Fsp3) is 0. The van der Waals surface area contributed by atoms with Crippen LogP contribution in [0.2, 0.25) is 0 Å². The molecule has 2 N–H and O–H groups in total. The molecule has 0 saturated heterocycles. The van der Waals surface area contributed by atoms with Gasteiger partial charge >= 0.3 is 11.4 Å². The van der Waals surface area contributed by atoms with Crippen LogP contribution < -0.4 is 11.4 Å². The normalized spacial score (nSPS) is 10.2. The molecule has 66 valence electrons. The molecule has 0 aromatic carbocycles. The molecule has 0 aliphatic heterocycles. The predicted molar refractivity (Wildman–Crippen MR) is 44.8 cm³/mol. The van der Waals surface area contributed by atoms with E-state index in [9.17, 15) is 9.59 Å². The van der Waals surface area contributed by atoms with E-state index in [1.165, 1.54) is 6.20 Å². The lowest BCUT2D eigenvalue weighted by Gasteiger charge is -1.95. The Labute approximate surface area is 71.9 Å². The minimum absolute atomic E-state index is 0.380. The van der Waals surface area contributed by atoms with Crippen molar-refractivity contribution in [3.8, 4) is 5.82 Å². The molecule has 6 nitrogen and oxygen atoms in total. The van der Waals surface area contributed by atoms with Gasteiger partial charge in [-0.1, -0.05) is 6.07 Å². The summed E-state index contributed by atoms with van der Waals surface area (Å²) in [6, 6.07) is 5.06. The molecule has 2 aromatic heterocycles. The fourth-order valence-electron chi connectivity index (χ4n) is 0.981. The second-order valence-electron chi connectivity index (χ2n) is 2.39. The van der Waals surface area contributed by atoms with E-state index >= 15 is 0 Å². The van der Waals surface area contributed by atoms with E-state index in [1.54, 1.807) is 18.2 Å². The number of aromatic nitrogens is 4. The molecule has 2 heterocycles. The Balaban J connectivity index is 2.66. The minimum atomic E-state index is -0.546.